The molecule has 0 aromatic heterocycles. The minimum atomic E-state index is -0.322. The molecule has 1 amide bonds. The number of halogens is 1. The molecule has 2 aromatic carbocycles. The summed E-state index contributed by atoms with van der Waals surface area (Å²) >= 11 is 6.32. The van der Waals surface area contributed by atoms with E-state index in [4.69, 9.17) is 16.3 Å². The van der Waals surface area contributed by atoms with Crippen LogP contribution in [-0.4, -0.2) is 18.6 Å². The Morgan fingerprint density at radius 2 is 1.88 bits per heavy atom. The zero-order valence-electron chi connectivity index (χ0n) is 13.9. The van der Waals surface area contributed by atoms with Crippen molar-refractivity contribution in [3.63, 3.8) is 0 Å². The smallest absolute Gasteiger partial charge is 0.253 e. The second-order valence-electron chi connectivity index (χ2n) is 6.13. The van der Waals surface area contributed by atoms with E-state index in [0.29, 0.717) is 11.6 Å². The number of nitrogens with one attached hydrogen (secondary N) is 2. The van der Waals surface area contributed by atoms with Crippen molar-refractivity contribution in [2.75, 3.05) is 17.2 Å². The molecule has 0 spiro atoms. The Labute approximate surface area is 147 Å². The molecule has 2 aromatic rings. The van der Waals surface area contributed by atoms with E-state index >= 15 is 0 Å². The summed E-state index contributed by atoms with van der Waals surface area (Å²) in [5.41, 5.74) is 4.80. The van der Waals surface area contributed by atoms with Crippen LogP contribution in [0.1, 0.15) is 24.0 Å². The SMILES string of the molecule is Cc1cc(C)c(Nc2ccc(NC(=O)C3CCCO3)cc2)c(Cl)c1. The molecule has 1 aliphatic rings. The molecular weight excluding hydrogens is 324 g/mol. The molecule has 1 saturated heterocycles. The summed E-state index contributed by atoms with van der Waals surface area (Å²) in [7, 11) is 0. The Morgan fingerprint density at radius 3 is 2.50 bits per heavy atom. The van der Waals surface area contributed by atoms with Crippen molar-refractivity contribution in [2.45, 2.75) is 32.8 Å². The summed E-state index contributed by atoms with van der Waals surface area (Å²) in [5, 5.41) is 6.92. The van der Waals surface area contributed by atoms with Crippen molar-refractivity contribution in [3.05, 3.63) is 52.5 Å². The Kier molecular flexibility index (Phi) is 5.07. The number of aryl methyl sites for hydroxylation is 2. The maximum Gasteiger partial charge on any atom is 0.253 e. The van der Waals surface area contributed by atoms with Crippen LogP contribution in [0.3, 0.4) is 0 Å². The van der Waals surface area contributed by atoms with E-state index in [1.807, 2.05) is 44.2 Å². The maximum atomic E-state index is 12.0. The topological polar surface area (TPSA) is 50.4 Å². The van der Waals surface area contributed by atoms with Gasteiger partial charge in [0.1, 0.15) is 6.10 Å². The van der Waals surface area contributed by atoms with Crippen molar-refractivity contribution in [3.8, 4) is 0 Å². The first kappa shape index (κ1) is 16.8. The van der Waals surface area contributed by atoms with E-state index < -0.39 is 0 Å². The minimum Gasteiger partial charge on any atom is -0.368 e. The quantitative estimate of drug-likeness (QED) is 0.836. The number of ether oxygens (including phenoxy) is 1. The van der Waals surface area contributed by atoms with Gasteiger partial charge in [-0.25, -0.2) is 0 Å². The molecule has 1 heterocycles. The summed E-state index contributed by atoms with van der Waals surface area (Å²) < 4.78 is 5.39. The molecule has 2 N–H and O–H groups in total. The van der Waals surface area contributed by atoms with Gasteiger partial charge in [-0.3, -0.25) is 4.79 Å². The maximum absolute atomic E-state index is 12.0. The monoisotopic (exact) mass is 344 g/mol. The van der Waals surface area contributed by atoms with Gasteiger partial charge < -0.3 is 15.4 Å². The van der Waals surface area contributed by atoms with Crippen LogP contribution in [0.4, 0.5) is 17.1 Å². The number of carbonyl (C=O) groups is 1. The molecule has 0 radical (unpaired) electrons. The van der Waals surface area contributed by atoms with E-state index in [9.17, 15) is 4.79 Å². The number of rotatable bonds is 4. The van der Waals surface area contributed by atoms with Gasteiger partial charge in [-0.2, -0.15) is 0 Å². The lowest BCUT2D eigenvalue weighted by Crippen LogP contribution is -2.26. The van der Waals surface area contributed by atoms with Crippen LogP contribution in [0, 0.1) is 13.8 Å². The van der Waals surface area contributed by atoms with Crippen molar-refractivity contribution in [1.82, 2.24) is 0 Å². The third kappa shape index (κ3) is 3.89. The Hall–Kier alpha value is -2.04. The fourth-order valence-corrected chi connectivity index (χ4v) is 3.23. The normalized spacial score (nSPS) is 16.9. The predicted octanol–water partition coefficient (Wildman–Crippen LogP) is 4.82. The number of hydrogen-bond acceptors (Lipinski definition) is 3. The molecule has 126 valence electrons. The van der Waals surface area contributed by atoms with Crippen LogP contribution >= 0.6 is 11.6 Å². The highest BCUT2D eigenvalue weighted by atomic mass is 35.5. The van der Waals surface area contributed by atoms with Gasteiger partial charge in [0.25, 0.3) is 5.91 Å². The van der Waals surface area contributed by atoms with Gasteiger partial charge in [0.05, 0.1) is 10.7 Å². The highest BCUT2D eigenvalue weighted by Gasteiger charge is 2.23. The van der Waals surface area contributed by atoms with Gasteiger partial charge in [-0.1, -0.05) is 17.7 Å². The zero-order chi connectivity index (χ0) is 17.1. The van der Waals surface area contributed by atoms with Crippen LogP contribution in [0.5, 0.6) is 0 Å². The third-order valence-corrected chi connectivity index (χ3v) is 4.37. The summed E-state index contributed by atoms with van der Waals surface area (Å²) in [6.07, 6.45) is 1.41. The first-order valence-electron chi connectivity index (χ1n) is 8.09. The lowest BCUT2D eigenvalue weighted by molar-refractivity contribution is -0.124. The van der Waals surface area contributed by atoms with Gasteiger partial charge in [0.15, 0.2) is 0 Å². The lowest BCUT2D eigenvalue weighted by atomic mass is 10.1. The zero-order valence-corrected chi connectivity index (χ0v) is 14.6. The average molecular weight is 345 g/mol. The van der Waals surface area contributed by atoms with Crippen LogP contribution in [0.25, 0.3) is 0 Å². The molecule has 1 atom stereocenters. The molecule has 0 saturated carbocycles. The first-order chi connectivity index (χ1) is 11.5. The second kappa shape index (κ2) is 7.24. The van der Waals surface area contributed by atoms with Crippen LogP contribution in [-0.2, 0) is 9.53 Å². The van der Waals surface area contributed by atoms with Gasteiger partial charge in [0.2, 0.25) is 0 Å². The summed E-state index contributed by atoms with van der Waals surface area (Å²) in [6.45, 7) is 4.71. The predicted molar refractivity (Wildman–Crippen MR) is 98.3 cm³/mol. The molecule has 1 unspecified atom stereocenters. The molecule has 0 aliphatic carbocycles. The molecule has 1 aliphatic heterocycles. The Bertz CT molecular complexity index is 715. The molecular formula is C19H21ClN2O2. The molecule has 0 bridgehead atoms. The van der Waals surface area contributed by atoms with Crippen LogP contribution < -0.4 is 10.6 Å². The number of hydrogen-bond donors (Lipinski definition) is 2. The number of benzene rings is 2. The fourth-order valence-electron chi connectivity index (χ4n) is 2.86. The second-order valence-corrected chi connectivity index (χ2v) is 6.54. The number of amides is 1. The van der Waals surface area contributed by atoms with Crippen LogP contribution in [0.2, 0.25) is 5.02 Å². The van der Waals surface area contributed by atoms with Gasteiger partial charge >= 0.3 is 0 Å². The molecule has 4 nitrogen and oxygen atoms in total. The molecule has 3 rings (SSSR count). The molecule has 24 heavy (non-hydrogen) atoms. The highest BCUT2D eigenvalue weighted by Crippen LogP contribution is 2.30. The molecule has 1 fully saturated rings. The summed E-state index contributed by atoms with van der Waals surface area (Å²) in [4.78, 5) is 12.0. The number of carbonyl (C=O) groups excluding carboxylic acids is 1. The van der Waals surface area contributed by atoms with E-state index in [2.05, 4.69) is 16.7 Å². The number of anilines is 3. The van der Waals surface area contributed by atoms with Crippen molar-refractivity contribution in [1.29, 1.82) is 0 Å². The molecule has 5 heteroatoms. The largest absolute Gasteiger partial charge is 0.368 e. The summed E-state index contributed by atoms with van der Waals surface area (Å²) in [5.74, 6) is -0.0781. The lowest BCUT2D eigenvalue weighted by Gasteiger charge is -2.14. The van der Waals surface area contributed by atoms with E-state index in [-0.39, 0.29) is 12.0 Å². The average Bonchev–Trinajstić information content (AvgIpc) is 3.07. The Balaban J connectivity index is 1.67. The van der Waals surface area contributed by atoms with Crippen LogP contribution in [0.15, 0.2) is 36.4 Å². The van der Waals surface area contributed by atoms with Crippen molar-refractivity contribution in [2.24, 2.45) is 0 Å². The van der Waals surface area contributed by atoms with Gasteiger partial charge in [-0.05, 0) is 68.1 Å². The van der Waals surface area contributed by atoms with E-state index in [1.165, 1.54) is 0 Å². The van der Waals surface area contributed by atoms with E-state index in [1.54, 1.807) is 0 Å². The van der Waals surface area contributed by atoms with E-state index in [0.717, 1.165) is 41.0 Å². The van der Waals surface area contributed by atoms with Crippen molar-refractivity contribution < 1.29 is 9.53 Å². The Morgan fingerprint density at radius 1 is 1.17 bits per heavy atom. The first-order valence-corrected chi connectivity index (χ1v) is 8.47. The standard InChI is InChI=1S/C19H21ClN2O2/c1-12-10-13(2)18(16(20)11-12)21-14-5-7-15(8-6-14)22-19(23)17-4-3-9-24-17/h5-8,10-11,17,21H,3-4,9H2,1-2H3,(H,22,23). The van der Waals surface area contributed by atoms with Gasteiger partial charge in [-0.15, -0.1) is 0 Å². The summed E-state index contributed by atoms with van der Waals surface area (Å²) in [6, 6.07) is 11.6. The minimum absolute atomic E-state index is 0.0781. The van der Waals surface area contributed by atoms with Crippen molar-refractivity contribution >= 4 is 34.6 Å². The highest BCUT2D eigenvalue weighted by molar-refractivity contribution is 6.33. The third-order valence-electron chi connectivity index (χ3n) is 4.08. The fraction of sp³-hybridized carbons (Fsp3) is 0.316. The van der Waals surface area contributed by atoms with Gasteiger partial charge in [0, 0.05) is 18.0 Å².